The Kier molecular flexibility index (Phi) is 6.70. The molecule has 0 saturated carbocycles. The van der Waals surface area contributed by atoms with Gasteiger partial charge in [0.1, 0.15) is 29.6 Å². The number of hydrogen-bond acceptors (Lipinski definition) is 8. The van der Waals surface area contributed by atoms with E-state index in [-0.39, 0.29) is 33.4 Å². The average Bonchev–Trinajstić information content (AvgIpc) is 3.26. The number of carbonyl (C=O) groups is 2. The molecule has 1 aliphatic rings. The van der Waals surface area contributed by atoms with Crippen molar-refractivity contribution in [1.82, 2.24) is 19.1 Å². The third kappa shape index (κ3) is 4.88. The monoisotopic (exact) mass is 539 g/mol. The maximum atomic E-state index is 14.9. The normalized spacial score (nSPS) is 13.6. The van der Waals surface area contributed by atoms with E-state index in [0.29, 0.717) is 38.2 Å². The first-order chi connectivity index (χ1) is 18.6. The number of phenols is 1. The lowest BCUT2D eigenvalue weighted by atomic mass is 10.0. The van der Waals surface area contributed by atoms with Crippen molar-refractivity contribution in [3.8, 4) is 16.9 Å². The zero-order valence-corrected chi connectivity index (χ0v) is 20.6. The molecule has 1 aliphatic heterocycles. The molecular formula is C25H23F2N7O5. The van der Waals surface area contributed by atoms with Crippen molar-refractivity contribution in [1.29, 1.82) is 0 Å². The highest BCUT2D eigenvalue weighted by Crippen LogP contribution is 2.33. The van der Waals surface area contributed by atoms with E-state index in [9.17, 15) is 28.3 Å². The van der Waals surface area contributed by atoms with Crippen molar-refractivity contribution in [2.45, 2.75) is 6.54 Å². The standard InChI is InChI=1S/C25H23F2N7O5/c1-32-12-30-24-22(25(32)38)15(13-6-14(23(28)37)19(35)7-16(13)26)10-34(24)11-21(36)31-18-8-20(29-9-17(18)27)33-2-4-39-5-3-33/h6-10,12,35H,2-5,11H2,1H3,(H2,28,37)(H,29,31,36). The molecule has 3 aromatic heterocycles. The van der Waals surface area contributed by atoms with Crippen LogP contribution in [0.5, 0.6) is 5.75 Å². The molecule has 39 heavy (non-hydrogen) atoms. The molecule has 14 heteroatoms. The second-order valence-corrected chi connectivity index (χ2v) is 8.91. The van der Waals surface area contributed by atoms with Crippen molar-refractivity contribution in [3.63, 3.8) is 0 Å². The number of nitrogens with two attached hydrogens (primary N) is 1. The lowest BCUT2D eigenvalue weighted by Crippen LogP contribution is -2.36. The number of benzene rings is 1. The number of hydrogen-bond donors (Lipinski definition) is 3. The molecule has 4 heterocycles. The zero-order valence-electron chi connectivity index (χ0n) is 20.6. The van der Waals surface area contributed by atoms with E-state index in [1.54, 1.807) is 0 Å². The molecule has 4 N–H and O–H groups in total. The van der Waals surface area contributed by atoms with Gasteiger partial charge in [0.05, 0.1) is 42.4 Å². The number of nitrogens with one attached hydrogen (secondary N) is 1. The molecule has 0 aliphatic carbocycles. The van der Waals surface area contributed by atoms with Gasteiger partial charge in [0.25, 0.3) is 11.5 Å². The van der Waals surface area contributed by atoms with Crippen LogP contribution in [0.15, 0.2) is 41.7 Å². The second-order valence-electron chi connectivity index (χ2n) is 8.91. The molecule has 1 aromatic carbocycles. The molecule has 0 spiro atoms. The number of pyridine rings is 1. The number of primary amides is 1. The van der Waals surface area contributed by atoms with Gasteiger partial charge in [-0.15, -0.1) is 0 Å². The summed E-state index contributed by atoms with van der Waals surface area (Å²) in [5.41, 5.74) is 4.18. The third-order valence-electron chi connectivity index (χ3n) is 6.34. The number of aryl methyl sites for hydroxylation is 1. The summed E-state index contributed by atoms with van der Waals surface area (Å²) < 4.78 is 37.2. The van der Waals surface area contributed by atoms with E-state index in [1.165, 1.54) is 34.8 Å². The highest BCUT2D eigenvalue weighted by atomic mass is 19.1. The van der Waals surface area contributed by atoms with Gasteiger partial charge in [-0.25, -0.2) is 18.7 Å². The van der Waals surface area contributed by atoms with Crippen molar-refractivity contribution < 1.29 is 28.2 Å². The number of morpholine rings is 1. The van der Waals surface area contributed by atoms with Gasteiger partial charge in [-0.2, -0.15) is 0 Å². The maximum absolute atomic E-state index is 14.9. The molecule has 0 radical (unpaired) electrons. The molecule has 1 saturated heterocycles. The van der Waals surface area contributed by atoms with Crippen LogP contribution in [0.1, 0.15) is 10.4 Å². The van der Waals surface area contributed by atoms with E-state index < -0.39 is 41.3 Å². The van der Waals surface area contributed by atoms with E-state index in [2.05, 4.69) is 15.3 Å². The minimum absolute atomic E-state index is 0.0243. The Balaban J connectivity index is 1.51. The molecule has 0 bridgehead atoms. The Morgan fingerprint density at radius 1 is 1.13 bits per heavy atom. The number of carbonyl (C=O) groups excluding carboxylic acids is 2. The molecule has 2 amide bonds. The second kappa shape index (κ2) is 10.1. The first kappa shape index (κ1) is 25.8. The lowest BCUT2D eigenvalue weighted by molar-refractivity contribution is -0.116. The number of aromatic nitrogens is 4. The molecule has 1 fully saturated rings. The fraction of sp³-hybridized carbons (Fsp3) is 0.240. The number of aromatic hydroxyl groups is 1. The topological polar surface area (TPSA) is 158 Å². The number of anilines is 2. The smallest absolute Gasteiger partial charge is 0.263 e. The summed E-state index contributed by atoms with van der Waals surface area (Å²) in [5, 5.41) is 12.4. The Hall–Kier alpha value is -4.85. The van der Waals surface area contributed by atoms with Crippen LogP contribution in [0.2, 0.25) is 0 Å². The molecule has 12 nitrogen and oxygen atoms in total. The first-order valence-corrected chi connectivity index (χ1v) is 11.8. The molecule has 0 atom stereocenters. The summed E-state index contributed by atoms with van der Waals surface area (Å²) in [4.78, 5) is 48.0. The number of ether oxygens (including phenoxy) is 1. The molecule has 4 aromatic rings. The van der Waals surface area contributed by atoms with Crippen molar-refractivity contribution >= 4 is 34.4 Å². The van der Waals surface area contributed by atoms with Crippen LogP contribution >= 0.6 is 0 Å². The van der Waals surface area contributed by atoms with Crippen LogP contribution < -0.4 is 21.5 Å². The Labute approximate surface area is 219 Å². The third-order valence-corrected chi connectivity index (χ3v) is 6.34. The summed E-state index contributed by atoms with van der Waals surface area (Å²) in [6.45, 7) is 1.72. The van der Waals surface area contributed by atoms with Crippen molar-refractivity contribution in [2.24, 2.45) is 12.8 Å². The molecular weight excluding hydrogens is 516 g/mol. The Morgan fingerprint density at radius 2 is 1.87 bits per heavy atom. The minimum atomic E-state index is -1.00. The fourth-order valence-corrected chi connectivity index (χ4v) is 4.39. The quantitative estimate of drug-likeness (QED) is 0.331. The summed E-state index contributed by atoms with van der Waals surface area (Å²) in [6, 6.07) is 3.16. The van der Waals surface area contributed by atoms with E-state index in [4.69, 9.17) is 10.5 Å². The highest BCUT2D eigenvalue weighted by Gasteiger charge is 2.23. The van der Waals surface area contributed by atoms with Crippen LogP contribution in [-0.2, 0) is 23.1 Å². The number of amides is 2. The van der Waals surface area contributed by atoms with Crippen LogP contribution in [0.4, 0.5) is 20.3 Å². The van der Waals surface area contributed by atoms with Crippen molar-refractivity contribution in [2.75, 3.05) is 36.5 Å². The van der Waals surface area contributed by atoms with Gasteiger partial charge in [-0.3, -0.25) is 14.4 Å². The Morgan fingerprint density at radius 3 is 2.59 bits per heavy atom. The van der Waals surface area contributed by atoms with Crippen molar-refractivity contribution in [3.05, 3.63) is 64.5 Å². The van der Waals surface area contributed by atoms with Crippen LogP contribution in [0.25, 0.3) is 22.2 Å². The number of fused-ring (bicyclic) bond motifs is 1. The predicted octanol–water partition coefficient (Wildman–Crippen LogP) is 1.35. The van der Waals surface area contributed by atoms with Gasteiger partial charge >= 0.3 is 0 Å². The summed E-state index contributed by atoms with van der Waals surface area (Å²) in [7, 11) is 1.45. The van der Waals surface area contributed by atoms with E-state index in [0.717, 1.165) is 12.3 Å². The molecule has 0 unspecified atom stereocenters. The zero-order chi connectivity index (χ0) is 27.8. The van der Waals surface area contributed by atoms with Gasteiger partial charge in [-0.1, -0.05) is 0 Å². The Bertz CT molecular complexity index is 1680. The lowest BCUT2D eigenvalue weighted by Gasteiger charge is -2.28. The number of nitrogens with zero attached hydrogens (tertiary/aromatic N) is 5. The average molecular weight is 539 g/mol. The van der Waals surface area contributed by atoms with Gasteiger partial charge in [0.2, 0.25) is 5.91 Å². The maximum Gasteiger partial charge on any atom is 0.263 e. The van der Waals surface area contributed by atoms with E-state index in [1.807, 2.05) is 4.90 Å². The summed E-state index contributed by atoms with van der Waals surface area (Å²) in [5.74, 6) is -3.51. The minimum Gasteiger partial charge on any atom is -0.507 e. The molecule has 5 rings (SSSR count). The van der Waals surface area contributed by atoms with Crippen LogP contribution in [0, 0.1) is 11.6 Å². The summed E-state index contributed by atoms with van der Waals surface area (Å²) >= 11 is 0. The van der Waals surface area contributed by atoms with Gasteiger partial charge in [0.15, 0.2) is 5.82 Å². The van der Waals surface area contributed by atoms with E-state index >= 15 is 0 Å². The predicted molar refractivity (Wildman–Crippen MR) is 136 cm³/mol. The largest absolute Gasteiger partial charge is 0.507 e. The van der Waals surface area contributed by atoms with Gasteiger partial charge in [0, 0.05) is 49.6 Å². The fourth-order valence-electron chi connectivity index (χ4n) is 4.39. The number of rotatable bonds is 6. The molecule has 202 valence electrons. The van der Waals surface area contributed by atoms with Gasteiger partial charge < -0.3 is 34.9 Å². The highest BCUT2D eigenvalue weighted by molar-refractivity contribution is 6.00. The van der Waals surface area contributed by atoms with Gasteiger partial charge in [-0.05, 0) is 6.07 Å². The SMILES string of the molecule is Cn1cnc2c(c(-c3cc(C(N)=O)c(O)cc3F)cn2CC(=O)Nc2cc(N3CCOCC3)ncc2F)c1=O. The summed E-state index contributed by atoms with van der Waals surface area (Å²) in [6.07, 6.45) is 3.57. The number of halogens is 2. The van der Waals surface area contributed by atoms with Crippen LogP contribution in [0.3, 0.4) is 0 Å². The first-order valence-electron chi connectivity index (χ1n) is 11.8. The van der Waals surface area contributed by atoms with Crippen LogP contribution in [-0.4, -0.2) is 62.3 Å².